The van der Waals surface area contributed by atoms with Crippen LogP contribution in [0.5, 0.6) is 5.75 Å². The lowest BCUT2D eigenvalue weighted by molar-refractivity contribution is -0.121. The predicted octanol–water partition coefficient (Wildman–Crippen LogP) is 3.17. The van der Waals surface area contributed by atoms with Crippen molar-refractivity contribution >= 4 is 56.6 Å². The minimum atomic E-state index is -0.624. The van der Waals surface area contributed by atoms with Crippen molar-refractivity contribution in [3.63, 3.8) is 0 Å². The van der Waals surface area contributed by atoms with E-state index in [0.717, 1.165) is 26.7 Å². The fraction of sp³-hybridized carbons (Fsp3) is 0.158. The summed E-state index contributed by atoms with van der Waals surface area (Å²) in [5.74, 6) is 0.0443. The summed E-state index contributed by atoms with van der Waals surface area (Å²) in [6.07, 6.45) is 1.62. The van der Waals surface area contributed by atoms with E-state index in [4.69, 9.17) is 10.5 Å². The third kappa shape index (κ3) is 4.79. The van der Waals surface area contributed by atoms with Crippen LogP contribution in [0.1, 0.15) is 12.0 Å². The van der Waals surface area contributed by atoms with Crippen LogP contribution in [0.4, 0.5) is 5.69 Å². The number of ether oxygens (including phenoxy) is 1. The van der Waals surface area contributed by atoms with Crippen molar-refractivity contribution in [2.75, 3.05) is 12.0 Å². The number of imide groups is 1. The molecule has 1 atom stereocenters. The number of thioether (sulfide) groups is 1. The molecule has 2 aromatic carbocycles. The van der Waals surface area contributed by atoms with Crippen LogP contribution in [0.3, 0.4) is 0 Å². The molecule has 2 N–H and O–H groups in total. The van der Waals surface area contributed by atoms with E-state index in [-0.39, 0.29) is 23.4 Å². The maximum Gasteiger partial charge on any atom is 0.247 e. The Morgan fingerprint density at radius 3 is 2.54 bits per heavy atom. The number of amidine groups is 1. The average Bonchev–Trinajstić information content (AvgIpc) is 2.96. The van der Waals surface area contributed by atoms with Gasteiger partial charge in [-0.1, -0.05) is 39.8 Å². The van der Waals surface area contributed by atoms with Crippen molar-refractivity contribution in [2.24, 2.45) is 15.9 Å². The first-order chi connectivity index (χ1) is 13.5. The smallest absolute Gasteiger partial charge is 0.247 e. The highest BCUT2D eigenvalue weighted by Crippen LogP contribution is 2.30. The molecule has 1 fully saturated rings. The van der Waals surface area contributed by atoms with Gasteiger partial charge >= 0.3 is 0 Å². The van der Waals surface area contributed by atoms with Crippen LogP contribution in [0, 0.1) is 0 Å². The second-order valence-electron chi connectivity index (χ2n) is 5.81. The number of carbonyl (C=O) groups excluding carboxylic acids is 2. The molecular formula is C19H17BrN4O3S. The minimum absolute atomic E-state index is 0.0577. The quantitative estimate of drug-likeness (QED) is 0.319. The molecule has 7 nitrogen and oxygen atoms in total. The molecule has 1 aliphatic heterocycles. The third-order valence-electron chi connectivity index (χ3n) is 3.93. The monoisotopic (exact) mass is 460 g/mol. The Morgan fingerprint density at radius 1 is 1.21 bits per heavy atom. The molecule has 0 aliphatic carbocycles. The third-order valence-corrected chi connectivity index (χ3v) is 5.44. The maximum atomic E-state index is 12.6. The highest BCUT2D eigenvalue weighted by molar-refractivity contribution is 9.10. The van der Waals surface area contributed by atoms with Crippen molar-refractivity contribution in [1.82, 2.24) is 0 Å². The lowest BCUT2D eigenvalue weighted by Crippen LogP contribution is -2.31. The average molecular weight is 461 g/mol. The highest BCUT2D eigenvalue weighted by Gasteiger charge is 2.40. The van der Waals surface area contributed by atoms with Gasteiger partial charge in [0.1, 0.15) is 11.0 Å². The molecule has 1 heterocycles. The van der Waals surface area contributed by atoms with E-state index in [1.54, 1.807) is 37.6 Å². The van der Waals surface area contributed by atoms with Crippen molar-refractivity contribution in [3.05, 3.63) is 58.6 Å². The summed E-state index contributed by atoms with van der Waals surface area (Å²) in [6, 6.07) is 14.3. The van der Waals surface area contributed by atoms with E-state index < -0.39 is 5.25 Å². The number of carbonyl (C=O) groups is 2. The van der Waals surface area contributed by atoms with Crippen molar-refractivity contribution in [3.8, 4) is 5.75 Å². The Kier molecular flexibility index (Phi) is 6.48. The Labute approximate surface area is 174 Å². The van der Waals surface area contributed by atoms with Crippen LogP contribution in [-0.4, -0.2) is 35.6 Å². The van der Waals surface area contributed by atoms with E-state index >= 15 is 0 Å². The zero-order valence-corrected chi connectivity index (χ0v) is 17.3. The topological polar surface area (TPSA) is 97.3 Å². The number of anilines is 1. The number of halogens is 1. The first-order valence-electron chi connectivity index (χ1n) is 8.27. The van der Waals surface area contributed by atoms with E-state index in [0.29, 0.717) is 11.4 Å². The summed E-state index contributed by atoms with van der Waals surface area (Å²) >= 11 is 4.39. The van der Waals surface area contributed by atoms with Gasteiger partial charge in [0.15, 0.2) is 5.17 Å². The largest absolute Gasteiger partial charge is 0.497 e. The molecule has 0 spiro atoms. The van der Waals surface area contributed by atoms with Crippen LogP contribution in [0.2, 0.25) is 0 Å². The maximum absolute atomic E-state index is 12.6. The highest BCUT2D eigenvalue weighted by atomic mass is 79.9. The lowest BCUT2D eigenvalue weighted by Gasteiger charge is -2.15. The van der Waals surface area contributed by atoms with Gasteiger partial charge in [0.2, 0.25) is 11.8 Å². The second-order valence-corrected chi connectivity index (χ2v) is 7.95. The van der Waals surface area contributed by atoms with Gasteiger partial charge in [-0.3, -0.25) is 9.59 Å². The van der Waals surface area contributed by atoms with Crippen molar-refractivity contribution in [2.45, 2.75) is 11.7 Å². The van der Waals surface area contributed by atoms with Crippen molar-refractivity contribution < 1.29 is 14.3 Å². The van der Waals surface area contributed by atoms with Gasteiger partial charge in [-0.05, 0) is 42.0 Å². The molecule has 1 aliphatic rings. The molecule has 2 amide bonds. The van der Waals surface area contributed by atoms with Crippen LogP contribution in [0.15, 0.2) is 63.2 Å². The molecule has 2 aromatic rings. The second kappa shape index (κ2) is 9.03. The van der Waals surface area contributed by atoms with Gasteiger partial charge in [0, 0.05) is 10.9 Å². The molecule has 0 saturated carbocycles. The van der Waals surface area contributed by atoms with Crippen LogP contribution in [0.25, 0.3) is 0 Å². The molecule has 144 valence electrons. The molecule has 0 bridgehead atoms. The first-order valence-corrected chi connectivity index (χ1v) is 9.95. The summed E-state index contributed by atoms with van der Waals surface area (Å²) in [5.41, 5.74) is 7.23. The number of amides is 2. The number of benzene rings is 2. The van der Waals surface area contributed by atoms with E-state index in [2.05, 4.69) is 26.1 Å². The number of hydrogen-bond donors (Lipinski definition) is 1. The van der Waals surface area contributed by atoms with Crippen molar-refractivity contribution in [1.29, 1.82) is 0 Å². The number of rotatable bonds is 5. The minimum Gasteiger partial charge on any atom is -0.497 e. The fourth-order valence-electron chi connectivity index (χ4n) is 2.57. The molecule has 28 heavy (non-hydrogen) atoms. The molecule has 9 heteroatoms. The normalized spacial score (nSPS) is 17.6. The Bertz CT molecular complexity index is 929. The summed E-state index contributed by atoms with van der Waals surface area (Å²) in [5, 5.41) is 7.33. The van der Waals surface area contributed by atoms with Gasteiger partial charge in [-0.2, -0.15) is 5.10 Å². The summed E-state index contributed by atoms with van der Waals surface area (Å²) < 4.78 is 6.06. The predicted molar refractivity (Wildman–Crippen MR) is 115 cm³/mol. The van der Waals surface area contributed by atoms with E-state index in [9.17, 15) is 9.59 Å². The Hall–Kier alpha value is -2.65. The summed E-state index contributed by atoms with van der Waals surface area (Å²) in [6.45, 7) is 0. The molecular weight excluding hydrogens is 444 g/mol. The molecule has 1 saturated heterocycles. The molecule has 0 radical (unpaired) electrons. The summed E-state index contributed by atoms with van der Waals surface area (Å²) in [4.78, 5) is 26.1. The van der Waals surface area contributed by atoms with Gasteiger partial charge in [0.05, 0.1) is 19.0 Å². The fourth-order valence-corrected chi connectivity index (χ4v) is 3.65. The van der Waals surface area contributed by atoms with Gasteiger partial charge < -0.3 is 10.5 Å². The van der Waals surface area contributed by atoms with E-state index in [1.807, 2.05) is 24.3 Å². The van der Waals surface area contributed by atoms with Gasteiger partial charge in [-0.25, -0.2) is 4.90 Å². The Morgan fingerprint density at radius 2 is 1.89 bits per heavy atom. The number of nitrogens with zero attached hydrogens (tertiary/aromatic N) is 3. The summed E-state index contributed by atoms with van der Waals surface area (Å²) in [7, 11) is 1.55. The van der Waals surface area contributed by atoms with Crippen LogP contribution < -0.4 is 15.4 Å². The number of hydrogen-bond acceptors (Lipinski definition) is 6. The van der Waals surface area contributed by atoms with Gasteiger partial charge in [0.25, 0.3) is 0 Å². The van der Waals surface area contributed by atoms with Gasteiger partial charge in [-0.15, -0.1) is 5.10 Å². The SMILES string of the molecule is COc1ccc(N2C(=O)CC(SC(N)=NN=Cc3ccc(Br)cc3)C2=O)cc1. The van der Waals surface area contributed by atoms with Crippen LogP contribution >= 0.6 is 27.7 Å². The standard InChI is InChI=1S/C19H17BrN4O3S/c1-27-15-8-6-14(7-9-15)24-17(25)10-16(18(24)26)28-19(21)23-22-11-12-2-4-13(20)5-3-12/h2-9,11,16H,10H2,1H3,(H2,21,23). The lowest BCUT2D eigenvalue weighted by atomic mass is 10.2. The van der Waals surface area contributed by atoms with E-state index in [1.165, 1.54) is 0 Å². The number of nitrogens with two attached hydrogens (primary N) is 1. The van der Waals surface area contributed by atoms with Crippen LogP contribution in [-0.2, 0) is 9.59 Å². The molecule has 0 aromatic heterocycles. The zero-order valence-electron chi connectivity index (χ0n) is 14.9. The number of methoxy groups -OCH3 is 1. The molecule has 3 rings (SSSR count). The zero-order chi connectivity index (χ0) is 20.1. The Balaban J connectivity index is 1.64. The first kappa shape index (κ1) is 20.1. The molecule has 1 unspecified atom stereocenters.